The van der Waals surface area contributed by atoms with Crippen LogP contribution in [0.15, 0.2) is 24.3 Å². The van der Waals surface area contributed by atoms with Crippen molar-refractivity contribution in [2.45, 2.75) is 97.5 Å². The molecule has 0 radical (unpaired) electrons. The second-order valence-electron chi connectivity index (χ2n) is 10.3. The Hall–Kier alpha value is -2.15. The number of amides is 1. The normalized spacial score (nSPS) is 24.4. The highest BCUT2D eigenvalue weighted by Crippen LogP contribution is 2.28. The van der Waals surface area contributed by atoms with Crippen molar-refractivity contribution in [2.75, 3.05) is 6.61 Å². The number of carbonyl (C=O) groups excluding carboxylic acids is 2. The summed E-state index contributed by atoms with van der Waals surface area (Å²) in [6.07, 6.45) is 2.50. The van der Waals surface area contributed by atoms with Crippen molar-refractivity contribution in [1.82, 2.24) is 5.32 Å². The molecule has 0 unspecified atom stereocenters. The number of ether oxygens (including phenoxy) is 3. The highest BCUT2D eigenvalue weighted by molar-refractivity contribution is 5.81. The SMILES string of the molecule is CC(C)CC[C@H]1[C@H](C)OC(=O)[C@@H](NC(=O)OC(C)(C)C)CCO[C@@H]1CCc1ccc(F)cc1. The van der Waals surface area contributed by atoms with Gasteiger partial charge in [0, 0.05) is 18.9 Å². The number of nitrogens with one attached hydrogen (secondary N) is 1. The standard InChI is InChI=1S/C26H40FNO5/c1-17(2)7-13-21-18(3)32-24(29)22(28-25(30)33-26(4,5)6)15-16-31-23(21)14-10-19-8-11-20(27)12-9-19/h8-9,11-12,17-18,21-23H,7,10,13-16H2,1-6H3,(H,28,30)/t18-,21-,22-,23+/m0/s1. The Bertz CT molecular complexity index is 759. The van der Waals surface area contributed by atoms with Crippen LogP contribution >= 0.6 is 0 Å². The Morgan fingerprint density at radius 3 is 2.48 bits per heavy atom. The van der Waals surface area contributed by atoms with Crippen LogP contribution in [0.3, 0.4) is 0 Å². The van der Waals surface area contributed by atoms with Gasteiger partial charge in [0.15, 0.2) is 0 Å². The number of cyclic esters (lactones) is 1. The summed E-state index contributed by atoms with van der Waals surface area (Å²) in [5.74, 6) is -0.182. The van der Waals surface area contributed by atoms with E-state index in [-0.39, 0.29) is 23.9 Å². The molecule has 1 aromatic rings. The molecule has 7 heteroatoms. The molecule has 0 aromatic heterocycles. The van der Waals surface area contributed by atoms with Crippen LogP contribution in [0.25, 0.3) is 0 Å². The summed E-state index contributed by atoms with van der Waals surface area (Å²) in [5.41, 5.74) is 0.375. The number of benzene rings is 1. The van der Waals surface area contributed by atoms with Gasteiger partial charge in [-0.05, 0) is 70.6 Å². The first kappa shape index (κ1) is 27.1. The first-order valence-electron chi connectivity index (χ1n) is 12.0. The van der Waals surface area contributed by atoms with Gasteiger partial charge in [0.2, 0.25) is 0 Å². The minimum Gasteiger partial charge on any atom is -0.461 e. The van der Waals surface area contributed by atoms with Crippen molar-refractivity contribution in [3.8, 4) is 0 Å². The smallest absolute Gasteiger partial charge is 0.408 e. The van der Waals surface area contributed by atoms with Gasteiger partial charge in [0.05, 0.1) is 6.10 Å². The van der Waals surface area contributed by atoms with Crippen molar-refractivity contribution >= 4 is 12.1 Å². The van der Waals surface area contributed by atoms with Crippen molar-refractivity contribution in [3.05, 3.63) is 35.6 Å². The maximum Gasteiger partial charge on any atom is 0.408 e. The Morgan fingerprint density at radius 1 is 1.21 bits per heavy atom. The quantitative estimate of drug-likeness (QED) is 0.544. The van der Waals surface area contributed by atoms with Crippen molar-refractivity contribution in [1.29, 1.82) is 0 Å². The lowest BCUT2D eigenvalue weighted by molar-refractivity contribution is -0.154. The maximum atomic E-state index is 13.3. The third-order valence-electron chi connectivity index (χ3n) is 5.80. The first-order valence-corrected chi connectivity index (χ1v) is 12.0. The van der Waals surface area contributed by atoms with Crippen LogP contribution in [0.5, 0.6) is 0 Å². The fraction of sp³-hybridized carbons (Fsp3) is 0.692. The van der Waals surface area contributed by atoms with Crippen LogP contribution in [0, 0.1) is 17.7 Å². The fourth-order valence-electron chi connectivity index (χ4n) is 4.02. The van der Waals surface area contributed by atoms with Gasteiger partial charge in [-0.3, -0.25) is 0 Å². The lowest BCUT2D eigenvalue weighted by Gasteiger charge is -2.31. The van der Waals surface area contributed by atoms with Crippen molar-refractivity contribution in [3.63, 3.8) is 0 Å². The van der Waals surface area contributed by atoms with Crippen LogP contribution in [-0.2, 0) is 25.4 Å². The number of alkyl carbamates (subject to hydrolysis) is 1. The second-order valence-corrected chi connectivity index (χ2v) is 10.3. The van der Waals surface area contributed by atoms with Gasteiger partial charge in [0.1, 0.15) is 23.6 Å². The fourth-order valence-corrected chi connectivity index (χ4v) is 4.02. The molecule has 4 atom stereocenters. The van der Waals surface area contributed by atoms with E-state index < -0.39 is 23.7 Å². The average Bonchev–Trinajstić information content (AvgIpc) is 2.74. The van der Waals surface area contributed by atoms with E-state index in [9.17, 15) is 14.0 Å². The van der Waals surface area contributed by atoms with Crippen LogP contribution in [-0.4, -0.2) is 42.5 Å². The third-order valence-corrected chi connectivity index (χ3v) is 5.80. The molecule has 1 fully saturated rings. The highest BCUT2D eigenvalue weighted by Gasteiger charge is 2.35. The Labute approximate surface area is 197 Å². The molecule has 0 spiro atoms. The van der Waals surface area contributed by atoms with E-state index >= 15 is 0 Å². The predicted octanol–water partition coefficient (Wildman–Crippen LogP) is 5.42. The van der Waals surface area contributed by atoms with Crippen LogP contribution in [0.4, 0.5) is 9.18 Å². The van der Waals surface area contributed by atoms with E-state index in [4.69, 9.17) is 14.2 Å². The molecule has 1 aliphatic heterocycles. The van der Waals surface area contributed by atoms with Gasteiger partial charge in [-0.15, -0.1) is 0 Å². The monoisotopic (exact) mass is 465 g/mol. The summed E-state index contributed by atoms with van der Waals surface area (Å²) in [4.78, 5) is 25.1. The predicted molar refractivity (Wildman–Crippen MR) is 125 cm³/mol. The minimum absolute atomic E-state index is 0.0251. The highest BCUT2D eigenvalue weighted by atomic mass is 19.1. The maximum absolute atomic E-state index is 13.3. The van der Waals surface area contributed by atoms with E-state index in [1.54, 1.807) is 32.9 Å². The molecule has 0 bridgehead atoms. The number of esters is 1. The number of rotatable bonds is 7. The number of hydrogen-bond donors (Lipinski definition) is 1. The number of halogens is 1. The van der Waals surface area contributed by atoms with Crippen molar-refractivity contribution < 1.29 is 28.2 Å². The largest absolute Gasteiger partial charge is 0.461 e. The molecular weight excluding hydrogens is 425 g/mol. The topological polar surface area (TPSA) is 73.9 Å². The summed E-state index contributed by atoms with van der Waals surface area (Å²) in [6, 6.07) is 5.68. The summed E-state index contributed by atoms with van der Waals surface area (Å²) < 4.78 is 30.7. The lowest BCUT2D eigenvalue weighted by atomic mass is 9.86. The molecule has 1 saturated heterocycles. The van der Waals surface area contributed by atoms with Gasteiger partial charge in [0.25, 0.3) is 0 Å². The Morgan fingerprint density at radius 2 is 1.88 bits per heavy atom. The van der Waals surface area contributed by atoms with E-state index in [0.717, 1.165) is 31.2 Å². The molecule has 1 amide bonds. The number of carbonyl (C=O) groups is 2. The van der Waals surface area contributed by atoms with Gasteiger partial charge in [-0.25, -0.2) is 14.0 Å². The van der Waals surface area contributed by atoms with E-state index in [0.29, 0.717) is 18.9 Å². The molecule has 186 valence electrons. The molecule has 33 heavy (non-hydrogen) atoms. The molecule has 0 saturated carbocycles. The molecule has 1 N–H and O–H groups in total. The van der Waals surface area contributed by atoms with Gasteiger partial charge in [-0.2, -0.15) is 0 Å². The molecule has 0 aliphatic carbocycles. The molecule has 1 heterocycles. The summed E-state index contributed by atoms with van der Waals surface area (Å²) in [6.45, 7) is 11.8. The summed E-state index contributed by atoms with van der Waals surface area (Å²) >= 11 is 0. The van der Waals surface area contributed by atoms with Crippen LogP contribution in [0.1, 0.15) is 72.8 Å². The molecule has 1 aliphatic rings. The zero-order valence-electron chi connectivity index (χ0n) is 20.9. The minimum atomic E-state index is -0.830. The Kier molecular flexibility index (Phi) is 10.1. The number of hydrogen-bond acceptors (Lipinski definition) is 5. The van der Waals surface area contributed by atoms with Gasteiger partial charge in [-0.1, -0.05) is 32.4 Å². The molecule has 1 aromatic carbocycles. The number of aryl methyl sites for hydroxylation is 1. The van der Waals surface area contributed by atoms with E-state index in [1.165, 1.54) is 12.1 Å². The van der Waals surface area contributed by atoms with E-state index in [1.807, 2.05) is 6.92 Å². The average molecular weight is 466 g/mol. The zero-order valence-corrected chi connectivity index (χ0v) is 20.9. The van der Waals surface area contributed by atoms with Gasteiger partial charge >= 0.3 is 12.1 Å². The van der Waals surface area contributed by atoms with E-state index in [2.05, 4.69) is 19.2 Å². The zero-order chi connectivity index (χ0) is 24.6. The lowest BCUT2D eigenvalue weighted by Crippen LogP contribution is -2.45. The van der Waals surface area contributed by atoms with Crippen LogP contribution < -0.4 is 5.32 Å². The van der Waals surface area contributed by atoms with Gasteiger partial charge < -0.3 is 19.5 Å². The second kappa shape index (κ2) is 12.4. The van der Waals surface area contributed by atoms with Crippen molar-refractivity contribution in [2.24, 2.45) is 11.8 Å². The molecular formula is C26H40FNO5. The summed E-state index contributed by atoms with van der Waals surface area (Å²) in [5, 5.41) is 2.63. The Balaban J connectivity index is 2.12. The van der Waals surface area contributed by atoms with Crippen LogP contribution in [0.2, 0.25) is 0 Å². The molecule has 2 rings (SSSR count). The third kappa shape index (κ3) is 9.70. The summed E-state index contributed by atoms with van der Waals surface area (Å²) in [7, 11) is 0. The molecule has 6 nitrogen and oxygen atoms in total. The first-order chi connectivity index (χ1) is 15.4.